The van der Waals surface area contributed by atoms with Crippen molar-refractivity contribution in [2.75, 3.05) is 14.2 Å². The van der Waals surface area contributed by atoms with Gasteiger partial charge in [0.25, 0.3) is 0 Å². The van der Waals surface area contributed by atoms with Gasteiger partial charge < -0.3 is 14.6 Å². The molecule has 0 aliphatic heterocycles. The van der Waals surface area contributed by atoms with Crippen LogP contribution >= 0.6 is 0 Å². The van der Waals surface area contributed by atoms with E-state index in [9.17, 15) is 5.11 Å². The maximum absolute atomic E-state index is 10.1. The van der Waals surface area contributed by atoms with Crippen LogP contribution in [-0.2, 0) is 12.0 Å². The minimum absolute atomic E-state index is 0.534. The van der Waals surface area contributed by atoms with Crippen LogP contribution in [0, 0.1) is 0 Å². The number of rotatable bonds is 3. The Morgan fingerprint density at radius 2 is 1.93 bits per heavy atom. The van der Waals surface area contributed by atoms with Crippen LogP contribution in [0.25, 0.3) is 0 Å². The SMILES string of the molecule is C=CC1(O)Cc2c(OC)ccc(OC)c21. The van der Waals surface area contributed by atoms with Gasteiger partial charge in [-0.05, 0) is 12.1 Å². The summed E-state index contributed by atoms with van der Waals surface area (Å²) in [5.74, 6) is 1.47. The number of aliphatic hydroxyl groups is 1. The molecule has 1 atom stereocenters. The van der Waals surface area contributed by atoms with E-state index in [2.05, 4.69) is 6.58 Å². The summed E-state index contributed by atoms with van der Waals surface area (Å²) in [6.07, 6.45) is 2.07. The summed E-state index contributed by atoms with van der Waals surface area (Å²) in [5, 5.41) is 10.1. The van der Waals surface area contributed by atoms with Crippen LogP contribution in [-0.4, -0.2) is 19.3 Å². The largest absolute Gasteiger partial charge is 0.496 e. The minimum Gasteiger partial charge on any atom is -0.496 e. The van der Waals surface area contributed by atoms with E-state index in [4.69, 9.17) is 9.47 Å². The van der Waals surface area contributed by atoms with Crippen molar-refractivity contribution < 1.29 is 14.6 Å². The number of methoxy groups -OCH3 is 2. The van der Waals surface area contributed by atoms with Gasteiger partial charge in [-0.2, -0.15) is 0 Å². The van der Waals surface area contributed by atoms with Crippen molar-refractivity contribution in [3.8, 4) is 11.5 Å². The third kappa shape index (κ3) is 1.23. The monoisotopic (exact) mass is 206 g/mol. The average Bonchev–Trinajstić information content (AvgIpc) is 2.26. The fraction of sp³-hybridized carbons (Fsp3) is 0.333. The van der Waals surface area contributed by atoms with Gasteiger partial charge in [0.05, 0.1) is 14.2 Å². The van der Waals surface area contributed by atoms with Crippen molar-refractivity contribution in [1.82, 2.24) is 0 Å². The standard InChI is InChI=1S/C12H14O3/c1-4-12(13)7-8-9(14-2)5-6-10(15-3)11(8)12/h4-6,13H,1,7H2,2-3H3. The molecule has 0 aromatic heterocycles. The zero-order valence-corrected chi connectivity index (χ0v) is 8.91. The van der Waals surface area contributed by atoms with Gasteiger partial charge in [0.2, 0.25) is 0 Å². The molecule has 80 valence electrons. The van der Waals surface area contributed by atoms with Crippen molar-refractivity contribution in [1.29, 1.82) is 0 Å². The maximum atomic E-state index is 10.1. The zero-order chi connectivity index (χ0) is 11.1. The van der Waals surface area contributed by atoms with E-state index in [1.165, 1.54) is 6.08 Å². The third-order valence-corrected chi connectivity index (χ3v) is 2.89. The zero-order valence-electron chi connectivity index (χ0n) is 8.91. The van der Waals surface area contributed by atoms with Gasteiger partial charge in [-0.1, -0.05) is 12.7 Å². The first kappa shape index (κ1) is 10.1. The van der Waals surface area contributed by atoms with Gasteiger partial charge in [0.15, 0.2) is 0 Å². The number of ether oxygens (including phenoxy) is 2. The van der Waals surface area contributed by atoms with Crippen LogP contribution in [0.4, 0.5) is 0 Å². The highest BCUT2D eigenvalue weighted by atomic mass is 16.5. The Labute approximate surface area is 88.9 Å². The van der Waals surface area contributed by atoms with Gasteiger partial charge >= 0.3 is 0 Å². The first-order valence-electron chi connectivity index (χ1n) is 4.76. The van der Waals surface area contributed by atoms with Crippen molar-refractivity contribution in [2.45, 2.75) is 12.0 Å². The van der Waals surface area contributed by atoms with Gasteiger partial charge in [-0.3, -0.25) is 0 Å². The molecular weight excluding hydrogens is 192 g/mol. The van der Waals surface area contributed by atoms with E-state index >= 15 is 0 Å². The lowest BCUT2D eigenvalue weighted by molar-refractivity contribution is 0.0599. The highest BCUT2D eigenvalue weighted by molar-refractivity contribution is 5.60. The number of benzene rings is 1. The third-order valence-electron chi connectivity index (χ3n) is 2.89. The second-order valence-electron chi connectivity index (χ2n) is 3.63. The van der Waals surface area contributed by atoms with Crippen LogP contribution in [0.1, 0.15) is 11.1 Å². The maximum Gasteiger partial charge on any atom is 0.125 e. The quantitative estimate of drug-likeness (QED) is 0.764. The summed E-state index contributed by atoms with van der Waals surface area (Å²) in [4.78, 5) is 0. The molecule has 0 amide bonds. The lowest BCUT2D eigenvalue weighted by atomic mass is 9.72. The average molecular weight is 206 g/mol. The molecule has 1 aliphatic rings. The van der Waals surface area contributed by atoms with Gasteiger partial charge in [-0.25, -0.2) is 0 Å². The molecule has 15 heavy (non-hydrogen) atoms. The molecule has 0 spiro atoms. The molecule has 0 heterocycles. The predicted molar refractivity (Wildman–Crippen MR) is 57.3 cm³/mol. The van der Waals surface area contributed by atoms with E-state index in [0.29, 0.717) is 12.2 Å². The Morgan fingerprint density at radius 3 is 2.47 bits per heavy atom. The van der Waals surface area contributed by atoms with Gasteiger partial charge in [-0.15, -0.1) is 0 Å². The Balaban J connectivity index is 2.58. The topological polar surface area (TPSA) is 38.7 Å². The van der Waals surface area contributed by atoms with Crippen molar-refractivity contribution in [3.63, 3.8) is 0 Å². The van der Waals surface area contributed by atoms with E-state index in [0.717, 1.165) is 16.9 Å². The molecule has 0 fully saturated rings. The van der Waals surface area contributed by atoms with E-state index in [1.54, 1.807) is 20.3 Å². The van der Waals surface area contributed by atoms with E-state index in [1.807, 2.05) is 6.07 Å². The molecule has 0 saturated carbocycles. The second kappa shape index (κ2) is 3.28. The van der Waals surface area contributed by atoms with Crippen LogP contribution in [0.3, 0.4) is 0 Å². The Kier molecular flexibility index (Phi) is 2.20. The molecule has 1 aromatic rings. The number of hydrogen-bond acceptors (Lipinski definition) is 3. The predicted octanol–water partition coefficient (Wildman–Crippen LogP) is 1.63. The lowest BCUT2D eigenvalue weighted by Crippen LogP contribution is -2.37. The molecule has 0 saturated heterocycles. The van der Waals surface area contributed by atoms with Crippen molar-refractivity contribution in [2.24, 2.45) is 0 Å². The second-order valence-corrected chi connectivity index (χ2v) is 3.63. The summed E-state index contributed by atoms with van der Waals surface area (Å²) < 4.78 is 10.4. The Hall–Kier alpha value is -1.48. The first-order valence-corrected chi connectivity index (χ1v) is 4.76. The summed E-state index contributed by atoms with van der Waals surface area (Å²) in [5.41, 5.74) is 0.813. The normalized spacial score (nSPS) is 22.6. The van der Waals surface area contributed by atoms with Gasteiger partial charge in [0, 0.05) is 17.5 Å². The molecule has 3 nitrogen and oxygen atoms in total. The summed E-state index contributed by atoms with van der Waals surface area (Å²) in [6, 6.07) is 3.64. The molecule has 0 radical (unpaired) electrons. The molecular formula is C12H14O3. The highest BCUT2D eigenvalue weighted by Gasteiger charge is 2.43. The number of hydrogen-bond donors (Lipinski definition) is 1. The summed E-state index contributed by atoms with van der Waals surface area (Å²) in [6.45, 7) is 3.64. The fourth-order valence-electron chi connectivity index (χ4n) is 2.04. The Bertz CT molecular complexity index is 412. The first-order chi connectivity index (χ1) is 7.16. The number of fused-ring (bicyclic) bond motifs is 1. The molecule has 1 aliphatic carbocycles. The van der Waals surface area contributed by atoms with Crippen LogP contribution in [0.15, 0.2) is 24.8 Å². The van der Waals surface area contributed by atoms with Gasteiger partial charge in [0.1, 0.15) is 17.1 Å². The van der Waals surface area contributed by atoms with Crippen LogP contribution in [0.5, 0.6) is 11.5 Å². The summed E-state index contributed by atoms with van der Waals surface area (Å²) in [7, 11) is 3.21. The molecule has 1 unspecified atom stereocenters. The summed E-state index contributed by atoms with van der Waals surface area (Å²) >= 11 is 0. The fourth-order valence-corrected chi connectivity index (χ4v) is 2.04. The molecule has 1 N–H and O–H groups in total. The van der Waals surface area contributed by atoms with Crippen LogP contribution in [0.2, 0.25) is 0 Å². The highest BCUT2D eigenvalue weighted by Crippen LogP contribution is 2.49. The molecule has 1 aromatic carbocycles. The molecule has 3 heteroatoms. The Morgan fingerprint density at radius 1 is 1.33 bits per heavy atom. The van der Waals surface area contributed by atoms with Crippen molar-refractivity contribution in [3.05, 3.63) is 35.9 Å². The van der Waals surface area contributed by atoms with E-state index < -0.39 is 5.60 Å². The van der Waals surface area contributed by atoms with E-state index in [-0.39, 0.29) is 0 Å². The molecule has 0 bridgehead atoms. The van der Waals surface area contributed by atoms with Crippen molar-refractivity contribution >= 4 is 0 Å². The van der Waals surface area contributed by atoms with Crippen LogP contribution < -0.4 is 9.47 Å². The smallest absolute Gasteiger partial charge is 0.125 e. The molecule has 2 rings (SSSR count). The minimum atomic E-state index is -0.963. The lowest BCUT2D eigenvalue weighted by Gasteiger charge is -2.38.